The lowest BCUT2D eigenvalue weighted by atomic mass is 9.90. The number of hydrogen-bond acceptors (Lipinski definition) is 2. The number of unbranched alkanes of at least 4 members (excludes halogenated alkanes) is 5. The third-order valence-corrected chi connectivity index (χ3v) is 4.07. The van der Waals surface area contributed by atoms with Gasteiger partial charge in [-0.3, -0.25) is 9.79 Å². The van der Waals surface area contributed by atoms with Crippen LogP contribution in [-0.2, 0) is 0 Å². The Balaban J connectivity index is 1.99. The van der Waals surface area contributed by atoms with Gasteiger partial charge in [-0.1, -0.05) is 38.7 Å². The van der Waals surface area contributed by atoms with Crippen molar-refractivity contribution >= 4 is 17.2 Å². The highest BCUT2D eigenvalue weighted by molar-refractivity contribution is 6.20. The van der Waals surface area contributed by atoms with Gasteiger partial charge in [0.05, 0.1) is 17.3 Å². The normalized spacial score (nSPS) is 17.7. The minimum absolute atomic E-state index is 0.0490. The van der Waals surface area contributed by atoms with Crippen molar-refractivity contribution < 1.29 is 9.18 Å². The fourth-order valence-electron chi connectivity index (χ4n) is 2.66. The van der Waals surface area contributed by atoms with Gasteiger partial charge in [-0.2, -0.15) is 0 Å². The van der Waals surface area contributed by atoms with E-state index in [9.17, 15) is 9.18 Å². The van der Waals surface area contributed by atoms with Crippen molar-refractivity contribution in [2.75, 3.05) is 0 Å². The second kappa shape index (κ2) is 8.02. The molecule has 118 valence electrons. The molecule has 1 heterocycles. The Hall–Kier alpha value is -1.77. The molecule has 1 aliphatic rings. The Labute approximate surface area is 132 Å². The number of hydrogen-bond donors (Lipinski definition) is 0. The Morgan fingerprint density at radius 1 is 1.23 bits per heavy atom. The van der Waals surface area contributed by atoms with Crippen LogP contribution >= 0.6 is 0 Å². The molecule has 1 atom stereocenters. The second-order valence-electron chi connectivity index (χ2n) is 5.89. The van der Waals surface area contributed by atoms with Gasteiger partial charge in [0, 0.05) is 5.56 Å². The summed E-state index contributed by atoms with van der Waals surface area (Å²) < 4.78 is 13.3. The van der Waals surface area contributed by atoms with Crippen molar-refractivity contribution in [2.24, 2.45) is 10.9 Å². The summed E-state index contributed by atoms with van der Waals surface area (Å²) in [5, 5.41) is 0. The smallest absolute Gasteiger partial charge is 0.173 e. The molecule has 2 rings (SSSR count). The first-order chi connectivity index (χ1) is 10.6. The quantitative estimate of drug-likeness (QED) is 0.599. The topological polar surface area (TPSA) is 29.4 Å². The molecular weight excluding hydrogens is 277 g/mol. The lowest BCUT2D eigenvalue weighted by Crippen LogP contribution is -2.23. The summed E-state index contributed by atoms with van der Waals surface area (Å²) in [5.74, 6) is -0.738. The molecule has 22 heavy (non-hydrogen) atoms. The molecule has 1 unspecified atom stereocenters. The molecule has 1 aliphatic heterocycles. The molecule has 0 amide bonds. The number of nitrogens with zero attached hydrogens (tertiary/aromatic N) is 1. The van der Waals surface area contributed by atoms with Crippen LogP contribution in [-0.4, -0.2) is 11.5 Å². The van der Waals surface area contributed by atoms with Crippen LogP contribution in [0.15, 0.2) is 35.3 Å². The third-order valence-electron chi connectivity index (χ3n) is 4.07. The maximum absolute atomic E-state index is 13.3. The largest absolute Gasteiger partial charge is 0.293 e. The zero-order valence-corrected chi connectivity index (χ0v) is 13.4. The standard InChI is InChI=1S/C19H24FNO/c1-3-4-5-6-7-8-9-10-17-14(2)19(22)16-13-15(20)11-12-18(16)21-17/h9-14H,3-8H2,1-2H3/b10-9+. The molecular formula is C19H24FNO. The van der Waals surface area contributed by atoms with E-state index in [0.29, 0.717) is 11.3 Å². The zero-order valence-electron chi connectivity index (χ0n) is 13.4. The number of fused-ring (bicyclic) bond motifs is 1. The van der Waals surface area contributed by atoms with Crippen molar-refractivity contribution in [1.29, 1.82) is 0 Å². The van der Waals surface area contributed by atoms with E-state index in [2.05, 4.69) is 18.0 Å². The first kappa shape index (κ1) is 16.6. The molecule has 0 saturated carbocycles. The first-order valence-corrected chi connectivity index (χ1v) is 8.22. The van der Waals surface area contributed by atoms with Gasteiger partial charge in [0.25, 0.3) is 0 Å². The predicted octanol–water partition coefficient (Wildman–Crippen LogP) is 5.65. The third kappa shape index (κ3) is 4.12. The predicted molar refractivity (Wildman–Crippen MR) is 89.5 cm³/mol. The number of ketones is 1. The number of Topliss-reactive ketones (excluding diaryl/α,β-unsaturated/α-hetero) is 1. The average Bonchev–Trinajstić information content (AvgIpc) is 2.51. The minimum Gasteiger partial charge on any atom is -0.293 e. The maximum Gasteiger partial charge on any atom is 0.173 e. The second-order valence-corrected chi connectivity index (χ2v) is 5.89. The number of rotatable bonds is 7. The van der Waals surface area contributed by atoms with Gasteiger partial charge in [-0.25, -0.2) is 4.39 Å². The van der Waals surface area contributed by atoms with E-state index in [1.807, 2.05) is 13.0 Å². The zero-order chi connectivity index (χ0) is 15.9. The number of carbonyl (C=O) groups is 1. The van der Waals surface area contributed by atoms with Crippen molar-refractivity contribution in [3.63, 3.8) is 0 Å². The van der Waals surface area contributed by atoms with E-state index in [1.165, 1.54) is 44.2 Å². The van der Waals surface area contributed by atoms with Crippen LogP contribution in [0.3, 0.4) is 0 Å². The van der Waals surface area contributed by atoms with E-state index in [-0.39, 0.29) is 17.5 Å². The summed E-state index contributed by atoms with van der Waals surface area (Å²) >= 11 is 0. The number of allylic oxidation sites excluding steroid dienone is 2. The van der Waals surface area contributed by atoms with Crippen molar-refractivity contribution in [2.45, 2.75) is 52.4 Å². The first-order valence-electron chi connectivity index (χ1n) is 8.22. The molecule has 0 saturated heterocycles. The summed E-state index contributed by atoms with van der Waals surface area (Å²) in [6.07, 6.45) is 11.3. The number of carbonyl (C=O) groups excluding carboxylic acids is 1. The van der Waals surface area contributed by atoms with E-state index in [1.54, 1.807) is 6.07 Å². The van der Waals surface area contributed by atoms with Gasteiger partial charge in [-0.05, 0) is 44.0 Å². The highest BCUT2D eigenvalue weighted by Crippen LogP contribution is 2.29. The van der Waals surface area contributed by atoms with Crippen LogP contribution in [0.2, 0.25) is 0 Å². The highest BCUT2D eigenvalue weighted by atomic mass is 19.1. The SMILES string of the molecule is CCCCCCC/C=C/C1=Nc2ccc(F)cc2C(=O)C1C. The van der Waals surface area contributed by atoms with Crippen LogP contribution in [0.5, 0.6) is 0 Å². The van der Waals surface area contributed by atoms with Crippen LogP contribution in [0.1, 0.15) is 62.7 Å². The van der Waals surface area contributed by atoms with Gasteiger partial charge in [0.15, 0.2) is 5.78 Å². The van der Waals surface area contributed by atoms with Crippen molar-refractivity contribution in [3.8, 4) is 0 Å². The average molecular weight is 301 g/mol. The lowest BCUT2D eigenvalue weighted by Gasteiger charge is -2.18. The molecule has 1 aromatic carbocycles. The van der Waals surface area contributed by atoms with Crippen molar-refractivity contribution in [1.82, 2.24) is 0 Å². The van der Waals surface area contributed by atoms with E-state index < -0.39 is 0 Å². The Morgan fingerprint density at radius 3 is 2.77 bits per heavy atom. The molecule has 2 nitrogen and oxygen atoms in total. The number of aliphatic imine (C=N–C) groups is 1. The van der Waals surface area contributed by atoms with Gasteiger partial charge in [0.2, 0.25) is 0 Å². The van der Waals surface area contributed by atoms with E-state index in [0.717, 1.165) is 12.1 Å². The highest BCUT2D eigenvalue weighted by Gasteiger charge is 2.26. The summed E-state index contributed by atoms with van der Waals surface area (Å²) in [6, 6.07) is 4.21. The van der Waals surface area contributed by atoms with Crippen LogP contribution in [0, 0.1) is 11.7 Å². The summed E-state index contributed by atoms with van der Waals surface area (Å²) in [5.41, 5.74) is 1.74. The minimum atomic E-state index is -0.388. The molecule has 0 N–H and O–H groups in total. The molecule has 3 heteroatoms. The number of benzene rings is 1. The van der Waals surface area contributed by atoms with Gasteiger partial charge in [-0.15, -0.1) is 0 Å². The van der Waals surface area contributed by atoms with Crippen LogP contribution in [0.25, 0.3) is 0 Å². The summed E-state index contributed by atoms with van der Waals surface area (Å²) in [6.45, 7) is 4.05. The maximum atomic E-state index is 13.3. The lowest BCUT2D eigenvalue weighted by molar-refractivity contribution is 0.0960. The molecule has 0 bridgehead atoms. The Kier molecular flexibility index (Phi) is 6.05. The molecule has 0 aliphatic carbocycles. The van der Waals surface area contributed by atoms with Gasteiger partial charge >= 0.3 is 0 Å². The van der Waals surface area contributed by atoms with Gasteiger partial charge in [0.1, 0.15) is 5.82 Å². The van der Waals surface area contributed by atoms with Crippen LogP contribution in [0.4, 0.5) is 10.1 Å². The Bertz CT molecular complexity index is 589. The van der Waals surface area contributed by atoms with E-state index >= 15 is 0 Å². The van der Waals surface area contributed by atoms with Crippen molar-refractivity contribution in [3.05, 3.63) is 41.7 Å². The molecule has 0 aromatic heterocycles. The van der Waals surface area contributed by atoms with Gasteiger partial charge < -0.3 is 0 Å². The fourth-order valence-corrected chi connectivity index (χ4v) is 2.66. The molecule has 0 fully saturated rings. The number of halogens is 1. The van der Waals surface area contributed by atoms with Crippen LogP contribution < -0.4 is 0 Å². The van der Waals surface area contributed by atoms with E-state index in [4.69, 9.17) is 0 Å². The summed E-state index contributed by atoms with van der Waals surface area (Å²) in [7, 11) is 0. The Morgan fingerprint density at radius 2 is 2.00 bits per heavy atom. The molecule has 1 aromatic rings. The molecule has 0 spiro atoms. The fraction of sp³-hybridized carbons (Fsp3) is 0.474. The summed E-state index contributed by atoms with van der Waals surface area (Å²) in [4.78, 5) is 16.8. The molecule has 0 radical (unpaired) electrons. The monoisotopic (exact) mass is 301 g/mol.